The molecular weight excluding hydrogens is 284 g/mol. The van der Waals surface area contributed by atoms with E-state index < -0.39 is 0 Å². The van der Waals surface area contributed by atoms with Crippen LogP contribution in [0.3, 0.4) is 0 Å². The van der Waals surface area contributed by atoms with Gasteiger partial charge in [-0.3, -0.25) is 9.88 Å². The zero-order chi connectivity index (χ0) is 15.5. The van der Waals surface area contributed by atoms with E-state index in [4.69, 9.17) is 4.74 Å². The van der Waals surface area contributed by atoms with Crippen molar-refractivity contribution in [1.82, 2.24) is 9.88 Å². The third kappa shape index (κ3) is 3.40. The van der Waals surface area contributed by atoms with E-state index >= 15 is 0 Å². The number of aromatic nitrogens is 1. The van der Waals surface area contributed by atoms with Crippen molar-refractivity contribution >= 4 is 0 Å². The van der Waals surface area contributed by atoms with Crippen molar-refractivity contribution in [3.8, 4) is 5.75 Å². The van der Waals surface area contributed by atoms with Gasteiger partial charge in [-0.1, -0.05) is 12.5 Å². The Morgan fingerprint density at radius 1 is 1.00 bits per heavy atom. The third-order valence-corrected chi connectivity index (χ3v) is 5.26. The van der Waals surface area contributed by atoms with Gasteiger partial charge in [-0.05, 0) is 66.6 Å². The van der Waals surface area contributed by atoms with Gasteiger partial charge < -0.3 is 4.74 Å². The van der Waals surface area contributed by atoms with Gasteiger partial charge in [0.2, 0.25) is 0 Å². The Balaban J connectivity index is 1.41. The van der Waals surface area contributed by atoms with E-state index in [9.17, 15) is 0 Å². The number of nitrogens with zero attached hydrogens (tertiary/aromatic N) is 2. The number of ether oxygens (including phenoxy) is 1. The average Bonchev–Trinajstić information content (AvgIpc) is 2.75. The molecule has 0 saturated heterocycles. The summed E-state index contributed by atoms with van der Waals surface area (Å²) in [7, 11) is 0. The molecule has 0 atom stereocenters. The summed E-state index contributed by atoms with van der Waals surface area (Å²) in [6, 6.07) is 11.5. The Hall–Kier alpha value is -1.87. The van der Waals surface area contributed by atoms with Crippen LogP contribution in [0.1, 0.15) is 36.0 Å². The molecule has 2 aliphatic rings. The lowest BCUT2D eigenvalue weighted by Gasteiger charge is -2.36. The van der Waals surface area contributed by atoms with Gasteiger partial charge >= 0.3 is 0 Å². The van der Waals surface area contributed by atoms with Crippen LogP contribution in [0.15, 0.2) is 42.7 Å². The molecule has 1 saturated carbocycles. The Morgan fingerprint density at radius 2 is 1.78 bits per heavy atom. The van der Waals surface area contributed by atoms with Gasteiger partial charge in [0, 0.05) is 31.5 Å². The topological polar surface area (TPSA) is 25.4 Å². The van der Waals surface area contributed by atoms with Crippen LogP contribution in [-0.2, 0) is 19.4 Å². The maximum Gasteiger partial charge on any atom is 0.120 e. The first-order valence-corrected chi connectivity index (χ1v) is 8.76. The maximum atomic E-state index is 5.96. The summed E-state index contributed by atoms with van der Waals surface area (Å²) >= 11 is 0. The van der Waals surface area contributed by atoms with Crippen LogP contribution < -0.4 is 4.74 Å². The highest BCUT2D eigenvalue weighted by molar-refractivity contribution is 5.37. The summed E-state index contributed by atoms with van der Waals surface area (Å²) in [6.45, 7) is 3.02. The van der Waals surface area contributed by atoms with E-state index in [1.807, 2.05) is 24.5 Å². The van der Waals surface area contributed by atoms with Gasteiger partial charge in [-0.2, -0.15) is 0 Å². The molecule has 1 aromatic carbocycles. The van der Waals surface area contributed by atoms with Crippen molar-refractivity contribution in [3.63, 3.8) is 0 Å². The van der Waals surface area contributed by atoms with Gasteiger partial charge in [0.1, 0.15) is 12.4 Å². The normalized spacial score (nSPS) is 18.8. The molecule has 23 heavy (non-hydrogen) atoms. The Kier molecular flexibility index (Phi) is 4.29. The SMILES string of the molecule is c1cc(COc2ccc3c(c2)CCN(C2CCC2)CC3)ccn1. The summed E-state index contributed by atoms with van der Waals surface area (Å²) in [6.07, 6.45) is 10.2. The fourth-order valence-corrected chi connectivity index (χ4v) is 3.57. The smallest absolute Gasteiger partial charge is 0.120 e. The summed E-state index contributed by atoms with van der Waals surface area (Å²) < 4.78 is 5.96. The lowest BCUT2D eigenvalue weighted by Crippen LogP contribution is -2.41. The second kappa shape index (κ2) is 6.71. The third-order valence-electron chi connectivity index (χ3n) is 5.26. The minimum atomic E-state index is 0.607. The van der Waals surface area contributed by atoms with E-state index in [1.54, 1.807) is 0 Å². The molecule has 3 nitrogen and oxygen atoms in total. The van der Waals surface area contributed by atoms with E-state index in [0.29, 0.717) is 6.61 Å². The van der Waals surface area contributed by atoms with Gasteiger partial charge in [0.15, 0.2) is 0 Å². The first-order valence-electron chi connectivity index (χ1n) is 8.76. The molecule has 4 rings (SSSR count). The molecule has 0 spiro atoms. The second-order valence-corrected chi connectivity index (χ2v) is 6.70. The zero-order valence-corrected chi connectivity index (χ0v) is 13.6. The van der Waals surface area contributed by atoms with Crippen molar-refractivity contribution in [2.75, 3.05) is 13.1 Å². The summed E-state index contributed by atoms with van der Waals surface area (Å²) in [5, 5.41) is 0. The number of rotatable bonds is 4. The van der Waals surface area contributed by atoms with Crippen molar-refractivity contribution in [1.29, 1.82) is 0 Å². The highest BCUT2D eigenvalue weighted by Gasteiger charge is 2.26. The minimum Gasteiger partial charge on any atom is -0.489 e. The van der Waals surface area contributed by atoms with Crippen molar-refractivity contribution in [2.24, 2.45) is 0 Å². The van der Waals surface area contributed by atoms with E-state index in [0.717, 1.165) is 23.8 Å². The van der Waals surface area contributed by atoms with Crippen LogP contribution in [0.4, 0.5) is 0 Å². The molecule has 1 fully saturated rings. The number of benzene rings is 1. The molecule has 2 aromatic rings. The van der Waals surface area contributed by atoms with Crippen LogP contribution in [0.2, 0.25) is 0 Å². The number of hydrogen-bond acceptors (Lipinski definition) is 3. The van der Waals surface area contributed by atoms with Gasteiger partial charge in [0.05, 0.1) is 0 Å². The molecular formula is C20H24N2O. The quantitative estimate of drug-likeness (QED) is 0.862. The second-order valence-electron chi connectivity index (χ2n) is 6.70. The van der Waals surface area contributed by atoms with E-state index in [-0.39, 0.29) is 0 Å². The van der Waals surface area contributed by atoms with Crippen molar-refractivity contribution in [3.05, 3.63) is 59.4 Å². The Bertz CT molecular complexity index is 652. The van der Waals surface area contributed by atoms with Crippen molar-refractivity contribution < 1.29 is 4.74 Å². The summed E-state index contributed by atoms with van der Waals surface area (Å²) in [4.78, 5) is 6.74. The van der Waals surface area contributed by atoms with Crippen LogP contribution in [0.5, 0.6) is 5.75 Å². The van der Waals surface area contributed by atoms with Gasteiger partial charge in [-0.15, -0.1) is 0 Å². The standard InChI is InChI=1S/C20H24N2O/c1-2-19(3-1)22-12-8-17-4-5-20(14-18(17)9-13-22)23-15-16-6-10-21-11-7-16/h4-7,10-11,14,19H,1-3,8-9,12-13,15H2. The lowest BCUT2D eigenvalue weighted by molar-refractivity contribution is 0.133. The van der Waals surface area contributed by atoms with Gasteiger partial charge in [-0.25, -0.2) is 0 Å². The molecule has 0 bridgehead atoms. The number of pyridine rings is 1. The predicted octanol–water partition coefficient (Wildman–Crippen LogP) is 3.61. The molecule has 1 aliphatic carbocycles. The Morgan fingerprint density at radius 3 is 2.52 bits per heavy atom. The predicted molar refractivity (Wildman–Crippen MR) is 91.6 cm³/mol. The van der Waals surface area contributed by atoms with E-state index in [2.05, 4.69) is 28.1 Å². The van der Waals surface area contributed by atoms with Crippen molar-refractivity contribution in [2.45, 2.75) is 44.8 Å². The molecule has 0 amide bonds. The van der Waals surface area contributed by atoms with Crippen LogP contribution in [0.25, 0.3) is 0 Å². The molecule has 120 valence electrons. The van der Waals surface area contributed by atoms with Crippen LogP contribution in [0, 0.1) is 0 Å². The molecule has 0 N–H and O–H groups in total. The molecule has 0 radical (unpaired) electrons. The average molecular weight is 308 g/mol. The minimum absolute atomic E-state index is 0.607. The summed E-state index contributed by atoms with van der Waals surface area (Å²) in [5.74, 6) is 0.984. The molecule has 1 aromatic heterocycles. The zero-order valence-electron chi connectivity index (χ0n) is 13.6. The maximum absolute atomic E-state index is 5.96. The first-order chi connectivity index (χ1) is 11.4. The lowest BCUT2D eigenvalue weighted by atomic mass is 9.91. The van der Waals surface area contributed by atoms with E-state index in [1.165, 1.54) is 49.9 Å². The summed E-state index contributed by atoms with van der Waals surface area (Å²) in [5.41, 5.74) is 4.13. The molecule has 0 unspecified atom stereocenters. The van der Waals surface area contributed by atoms with Gasteiger partial charge in [0.25, 0.3) is 0 Å². The molecule has 1 aliphatic heterocycles. The largest absolute Gasteiger partial charge is 0.489 e. The van der Waals surface area contributed by atoms with Crippen LogP contribution >= 0.6 is 0 Å². The number of hydrogen-bond donors (Lipinski definition) is 0. The highest BCUT2D eigenvalue weighted by atomic mass is 16.5. The highest BCUT2D eigenvalue weighted by Crippen LogP contribution is 2.28. The fraction of sp³-hybridized carbons (Fsp3) is 0.450. The molecule has 2 heterocycles. The Labute approximate surface area is 138 Å². The fourth-order valence-electron chi connectivity index (χ4n) is 3.57. The monoisotopic (exact) mass is 308 g/mol. The first kappa shape index (κ1) is 14.7. The number of fused-ring (bicyclic) bond motifs is 1. The molecule has 3 heteroatoms. The van der Waals surface area contributed by atoms with Crippen LogP contribution in [-0.4, -0.2) is 29.0 Å².